The highest BCUT2D eigenvalue weighted by atomic mass is 28.4. The van der Waals surface area contributed by atoms with Crippen molar-refractivity contribution in [3.8, 4) is 5.75 Å². The molecule has 0 aliphatic rings. The standard InChI is InChI=1S/C13H20O6Si/c1-17-20(18-2,19-3)9-5-7-10-6-4-8-11(12(10)14)13(15)16/h4,6,8,14H,5,7,9H2,1-3H3,(H,15,16). The molecule has 0 unspecified atom stereocenters. The Labute approximate surface area is 119 Å². The Morgan fingerprint density at radius 3 is 2.30 bits per heavy atom. The van der Waals surface area contributed by atoms with Crippen LogP contribution in [-0.2, 0) is 19.7 Å². The second kappa shape index (κ2) is 7.39. The van der Waals surface area contributed by atoms with Crippen LogP contribution in [0.3, 0.4) is 0 Å². The number of rotatable bonds is 8. The SMILES string of the molecule is CO[Si](CCCc1cccc(C(=O)O)c1O)(OC)OC. The first kappa shape index (κ1) is 16.6. The molecule has 0 saturated heterocycles. The minimum absolute atomic E-state index is 0.0868. The Balaban J connectivity index is 2.71. The molecule has 2 N–H and O–H groups in total. The maximum Gasteiger partial charge on any atom is 0.500 e. The number of carboxylic acids is 1. The van der Waals surface area contributed by atoms with Gasteiger partial charge in [-0.2, -0.15) is 0 Å². The summed E-state index contributed by atoms with van der Waals surface area (Å²) in [5, 5.41) is 18.8. The van der Waals surface area contributed by atoms with Crippen molar-refractivity contribution in [1.82, 2.24) is 0 Å². The molecule has 1 aromatic carbocycles. The van der Waals surface area contributed by atoms with E-state index in [1.165, 1.54) is 6.07 Å². The number of hydrogen-bond donors (Lipinski definition) is 2. The number of aryl methyl sites for hydroxylation is 1. The second-order valence-corrected chi connectivity index (χ2v) is 7.36. The number of phenols is 1. The number of carbonyl (C=O) groups is 1. The van der Waals surface area contributed by atoms with Gasteiger partial charge in [-0.05, 0) is 24.5 Å². The van der Waals surface area contributed by atoms with Crippen LogP contribution < -0.4 is 0 Å². The van der Waals surface area contributed by atoms with Crippen molar-refractivity contribution in [3.05, 3.63) is 29.3 Å². The molecule has 20 heavy (non-hydrogen) atoms. The Bertz CT molecular complexity index is 450. The predicted molar refractivity (Wildman–Crippen MR) is 75.0 cm³/mol. The van der Waals surface area contributed by atoms with Crippen molar-refractivity contribution in [2.75, 3.05) is 21.3 Å². The average molecular weight is 300 g/mol. The van der Waals surface area contributed by atoms with Gasteiger partial charge in [-0.3, -0.25) is 0 Å². The summed E-state index contributed by atoms with van der Waals surface area (Å²) in [5.41, 5.74) is 0.507. The minimum Gasteiger partial charge on any atom is -0.507 e. The Morgan fingerprint density at radius 2 is 1.80 bits per heavy atom. The Kier molecular flexibility index (Phi) is 6.15. The van der Waals surface area contributed by atoms with Crippen molar-refractivity contribution in [3.63, 3.8) is 0 Å². The van der Waals surface area contributed by atoms with Gasteiger partial charge in [-0.25, -0.2) is 4.79 Å². The van der Waals surface area contributed by atoms with Crippen molar-refractivity contribution in [2.24, 2.45) is 0 Å². The normalized spacial score (nSPS) is 11.6. The lowest BCUT2D eigenvalue weighted by Crippen LogP contribution is -2.42. The zero-order valence-electron chi connectivity index (χ0n) is 11.9. The molecule has 0 bridgehead atoms. The fourth-order valence-corrected chi connectivity index (χ4v) is 3.74. The van der Waals surface area contributed by atoms with E-state index in [9.17, 15) is 9.90 Å². The van der Waals surface area contributed by atoms with Gasteiger partial charge in [0, 0.05) is 27.4 Å². The molecule has 0 fully saturated rings. The summed E-state index contributed by atoms with van der Waals surface area (Å²) in [6.45, 7) is 0. The van der Waals surface area contributed by atoms with Crippen LogP contribution in [-0.4, -0.2) is 46.3 Å². The minimum atomic E-state index is -2.62. The molecule has 0 aliphatic heterocycles. The lowest BCUT2D eigenvalue weighted by Gasteiger charge is -2.24. The van der Waals surface area contributed by atoms with Crippen LogP contribution in [0.1, 0.15) is 22.3 Å². The van der Waals surface area contributed by atoms with Gasteiger partial charge in [0.1, 0.15) is 11.3 Å². The van der Waals surface area contributed by atoms with Crippen molar-refractivity contribution in [1.29, 1.82) is 0 Å². The van der Waals surface area contributed by atoms with E-state index in [1.54, 1.807) is 33.5 Å². The maximum atomic E-state index is 10.9. The fraction of sp³-hybridized carbons (Fsp3) is 0.462. The zero-order valence-corrected chi connectivity index (χ0v) is 12.9. The highest BCUT2D eigenvalue weighted by Gasteiger charge is 2.36. The summed E-state index contributed by atoms with van der Waals surface area (Å²) in [7, 11) is 2.01. The van der Waals surface area contributed by atoms with Gasteiger partial charge < -0.3 is 23.5 Å². The first-order chi connectivity index (χ1) is 9.49. The van der Waals surface area contributed by atoms with Crippen LogP contribution in [0.4, 0.5) is 0 Å². The van der Waals surface area contributed by atoms with Gasteiger partial charge in [-0.1, -0.05) is 12.1 Å². The molecule has 112 valence electrons. The van der Waals surface area contributed by atoms with Crippen LogP contribution in [0.15, 0.2) is 18.2 Å². The zero-order chi connectivity index (χ0) is 15.2. The van der Waals surface area contributed by atoms with E-state index in [0.29, 0.717) is 24.4 Å². The van der Waals surface area contributed by atoms with E-state index in [2.05, 4.69) is 0 Å². The number of aromatic carboxylic acids is 1. The summed E-state index contributed by atoms with van der Waals surface area (Å²) in [6, 6.07) is 5.29. The molecule has 0 atom stereocenters. The molecule has 0 aliphatic carbocycles. The van der Waals surface area contributed by atoms with Gasteiger partial charge in [-0.15, -0.1) is 0 Å². The van der Waals surface area contributed by atoms with Gasteiger partial charge in [0.05, 0.1) is 0 Å². The van der Waals surface area contributed by atoms with Crippen molar-refractivity contribution in [2.45, 2.75) is 18.9 Å². The third kappa shape index (κ3) is 3.79. The third-order valence-electron chi connectivity index (χ3n) is 3.21. The van der Waals surface area contributed by atoms with Crippen LogP contribution in [0.25, 0.3) is 0 Å². The van der Waals surface area contributed by atoms with Crippen molar-refractivity contribution < 1.29 is 28.3 Å². The molecule has 0 amide bonds. The first-order valence-electron chi connectivity index (χ1n) is 6.19. The van der Waals surface area contributed by atoms with Gasteiger partial charge in [0.15, 0.2) is 0 Å². The summed E-state index contributed by atoms with van der Waals surface area (Å²) < 4.78 is 15.9. The number of carboxylic acid groups (broad SMARTS) is 1. The quantitative estimate of drug-likeness (QED) is 0.713. The molecule has 6 nitrogen and oxygen atoms in total. The second-order valence-electron chi connectivity index (χ2n) is 4.27. The van der Waals surface area contributed by atoms with E-state index in [-0.39, 0.29) is 11.3 Å². The summed E-state index contributed by atoms with van der Waals surface area (Å²) in [6.07, 6.45) is 1.19. The predicted octanol–water partition coefficient (Wildman–Crippen LogP) is 1.90. The van der Waals surface area contributed by atoms with E-state index >= 15 is 0 Å². The number of aromatic hydroxyl groups is 1. The lowest BCUT2D eigenvalue weighted by molar-refractivity contribution is 0.0693. The summed E-state index contributed by atoms with van der Waals surface area (Å²) in [5.74, 6) is -1.32. The van der Waals surface area contributed by atoms with Gasteiger partial charge in [0.2, 0.25) is 0 Å². The number of benzene rings is 1. The molecule has 0 saturated carbocycles. The third-order valence-corrected chi connectivity index (χ3v) is 6.04. The molecule has 1 rings (SSSR count). The van der Waals surface area contributed by atoms with E-state index in [4.69, 9.17) is 18.4 Å². The average Bonchev–Trinajstić information content (AvgIpc) is 2.45. The Morgan fingerprint density at radius 1 is 1.20 bits per heavy atom. The topological polar surface area (TPSA) is 85.2 Å². The number of hydrogen-bond acceptors (Lipinski definition) is 5. The molecule has 7 heteroatoms. The molecular formula is C13H20O6Si. The largest absolute Gasteiger partial charge is 0.507 e. The highest BCUT2D eigenvalue weighted by Crippen LogP contribution is 2.25. The van der Waals surface area contributed by atoms with E-state index in [1.807, 2.05) is 0 Å². The molecule has 0 spiro atoms. The van der Waals surface area contributed by atoms with Crippen molar-refractivity contribution >= 4 is 14.8 Å². The van der Waals surface area contributed by atoms with Crippen LogP contribution in [0.5, 0.6) is 5.75 Å². The fourth-order valence-electron chi connectivity index (χ4n) is 2.02. The molecule has 0 heterocycles. The molecule has 0 aromatic heterocycles. The van der Waals surface area contributed by atoms with E-state index < -0.39 is 14.8 Å². The number of para-hydroxylation sites is 1. The summed E-state index contributed by atoms with van der Waals surface area (Å²) in [4.78, 5) is 10.9. The van der Waals surface area contributed by atoms with E-state index in [0.717, 1.165) is 0 Å². The molecule has 1 aromatic rings. The van der Waals surface area contributed by atoms with Gasteiger partial charge >= 0.3 is 14.8 Å². The van der Waals surface area contributed by atoms with Gasteiger partial charge in [0.25, 0.3) is 0 Å². The van der Waals surface area contributed by atoms with Crippen LogP contribution in [0, 0.1) is 0 Å². The smallest absolute Gasteiger partial charge is 0.500 e. The maximum absolute atomic E-state index is 10.9. The highest BCUT2D eigenvalue weighted by molar-refractivity contribution is 6.60. The molecule has 0 radical (unpaired) electrons. The summed E-state index contributed by atoms with van der Waals surface area (Å²) >= 11 is 0. The molecular weight excluding hydrogens is 280 g/mol. The Hall–Kier alpha value is -1.41. The van der Waals surface area contributed by atoms with Crippen LogP contribution >= 0.6 is 0 Å². The monoisotopic (exact) mass is 300 g/mol. The lowest BCUT2D eigenvalue weighted by atomic mass is 10.1. The first-order valence-corrected chi connectivity index (χ1v) is 8.12. The van der Waals surface area contributed by atoms with Crippen LogP contribution in [0.2, 0.25) is 6.04 Å².